The Labute approximate surface area is 122 Å². The Balaban J connectivity index is 1.92. The van der Waals surface area contributed by atoms with E-state index in [0.29, 0.717) is 11.4 Å². The number of halogens is 1. The zero-order valence-electron chi connectivity index (χ0n) is 9.68. The number of nitrogens with one attached hydrogen (secondary N) is 1. The predicted octanol–water partition coefficient (Wildman–Crippen LogP) is 3.69. The van der Waals surface area contributed by atoms with E-state index in [4.69, 9.17) is 4.74 Å². The van der Waals surface area contributed by atoms with E-state index < -0.39 is 0 Å². The van der Waals surface area contributed by atoms with Gasteiger partial charge in [0.15, 0.2) is 0 Å². The smallest absolute Gasteiger partial charge is 0.261 e. The van der Waals surface area contributed by atoms with Gasteiger partial charge in [-0.1, -0.05) is 0 Å². The summed E-state index contributed by atoms with van der Waals surface area (Å²) < 4.78 is 6.30. The van der Waals surface area contributed by atoms with Crippen molar-refractivity contribution in [2.45, 2.75) is 6.10 Å². The number of hydrogen-bond acceptors (Lipinski definition) is 4. The van der Waals surface area contributed by atoms with Gasteiger partial charge < -0.3 is 10.1 Å². The quantitative estimate of drug-likeness (QED) is 0.897. The molecule has 0 spiro atoms. The molecule has 0 saturated carbocycles. The van der Waals surface area contributed by atoms with Crippen molar-refractivity contribution in [3.05, 3.63) is 43.2 Å². The molecule has 3 nitrogen and oxygen atoms in total. The van der Waals surface area contributed by atoms with Gasteiger partial charge >= 0.3 is 0 Å². The van der Waals surface area contributed by atoms with E-state index in [9.17, 15) is 4.79 Å². The topological polar surface area (TPSA) is 38.3 Å². The molecular weight excluding hydrogens is 334 g/mol. The molecule has 0 fully saturated rings. The number of carbonyl (C=O) groups excluding carboxylic acids is 1. The maximum atomic E-state index is 11.9. The van der Waals surface area contributed by atoms with Crippen LogP contribution < -0.4 is 5.32 Å². The van der Waals surface area contributed by atoms with E-state index >= 15 is 0 Å². The molecule has 0 saturated heterocycles. The van der Waals surface area contributed by atoms with E-state index in [1.54, 1.807) is 18.4 Å². The third-order valence-corrected chi connectivity index (χ3v) is 4.83. The van der Waals surface area contributed by atoms with Crippen LogP contribution in [0.1, 0.15) is 21.3 Å². The summed E-state index contributed by atoms with van der Waals surface area (Å²) in [6.07, 6.45) is -0.0939. The molecule has 0 aliphatic rings. The van der Waals surface area contributed by atoms with Crippen LogP contribution in [0.25, 0.3) is 0 Å². The highest BCUT2D eigenvalue weighted by atomic mass is 79.9. The van der Waals surface area contributed by atoms with Gasteiger partial charge in [-0.3, -0.25) is 4.79 Å². The van der Waals surface area contributed by atoms with Gasteiger partial charge in [-0.15, -0.1) is 11.3 Å². The Morgan fingerprint density at radius 3 is 2.94 bits per heavy atom. The van der Waals surface area contributed by atoms with Crippen LogP contribution in [0.2, 0.25) is 0 Å². The van der Waals surface area contributed by atoms with Gasteiger partial charge in [0, 0.05) is 23.5 Å². The average Bonchev–Trinajstić information content (AvgIpc) is 3.01. The molecule has 0 aliphatic carbocycles. The van der Waals surface area contributed by atoms with Gasteiger partial charge in [0.05, 0.1) is 4.88 Å². The first kappa shape index (κ1) is 13.7. The van der Waals surface area contributed by atoms with E-state index in [1.165, 1.54) is 11.3 Å². The lowest BCUT2D eigenvalue weighted by Crippen LogP contribution is -2.28. The molecule has 1 N–H and O–H groups in total. The van der Waals surface area contributed by atoms with Crippen LogP contribution in [0, 0.1) is 0 Å². The molecule has 0 aromatic carbocycles. The molecular formula is C12H12BrNO2S2. The Hall–Kier alpha value is -0.690. The van der Waals surface area contributed by atoms with Gasteiger partial charge in [0.2, 0.25) is 0 Å². The Kier molecular flexibility index (Phi) is 4.94. The number of thiophene rings is 2. The van der Waals surface area contributed by atoms with Crippen molar-refractivity contribution in [2.75, 3.05) is 13.7 Å². The number of ether oxygens (including phenoxy) is 1. The zero-order valence-corrected chi connectivity index (χ0v) is 12.9. The number of rotatable bonds is 5. The molecule has 1 unspecified atom stereocenters. The minimum Gasteiger partial charge on any atom is -0.375 e. The second-order valence-electron chi connectivity index (χ2n) is 3.62. The van der Waals surface area contributed by atoms with Crippen LogP contribution in [0.15, 0.2) is 32.7 Å². The fraction of sp³-hybridized carbons (Fsp3) is 0.250. The Morgan fingerprint density at radius 2 is 2.39 bits per heavy atom. The first-order valence-electron chi connectivity index (χ1n) is 5.28. The maximum absolute atomic E-state index is 11.9. The van der Waals surface area contributed by atoms with E-state index in [1.807, 2.05) is 28.3 Å². The number of carbonyl (C=O) groups is 1. The SMILES string of the molecule is COC(CNC(=O)c1cc(Br)cs1)c1ccsc1. The standard InChI is InChI=1S/C12H12BrNO2S2/c1-16-10(8-2-3-17-6-8)5-14-12(15)11-4-9(13)7-18-11/h2-4,6-7,10H,5H2,1H3,(H,14,15). The summed E-state index contributed by atoms with van der Waals surface area (Å²) in [5, 5.41) is 8.80. The molecule has 1 atom stereocenters. The molecule has 2 heterocycles. The van der Waals surface area contributed by atoms with Crippen molar-refractivity contribution in [3.8, 4) is 0 Å². The number of hydrogen-bond donors (Lipinski definition) is 1. The van der Waals surface area contributed by atoms with E-state index in [2.05, 4.69) is 21.2 Å². The van der Waals surface area contributed by atoms with Crippen molar-refractivity contribution in [2.24, 2.45) is 0 Å². The predicted molar refractivity (Wildman–Crippen MR) is 78.4 cm³/mol. The number of methoxy groups -OCH3 is 1. The van der Waals surface area contributed by atoms with Gasteiger partial charge in [-0.2, -0.15) is 11.3 Å². The lowest BCUT2D eigenvalue weighted by Gasteiger charge is -2.14. The molecule has 0 radical (unpaired) electrons. The minimum atomic E-state index is -0.0939. The van der Waals surface area contributed by atoms with Crippen LogP contribution in [-0.4, -0.2) is 19.6 Å². The van der Waals surface area contributed by atoms with Crippen molar-refractivity contribution < 1.29 is 9.53 Å². The molecule has 2 aromatic heterocycles. The fourth-order valence-electron chi connectivity index (χ4n) is 1.50. The number of amides is 1. The summed E-state index contributed by atoms with van der Waals surface area (Å²) in [6, 6.07) is 3.82. The van der Waals surface area contributed by atoms with Crippen LogP contribution in [0.5, 0.6) is 0 Å². The normalized spacial score (nSPS) is 12.3. The van der Waals surface area contributed by atoms with E-state index in [-0.39, 0.29) is 12.0 Å². The first-order valence-corrected chi connectivity index (χ1v) is 7.89. The zero-order chi connectivity index (χ0) is 13.0. The lowest BCUT2D eigenvalue weighted by molar-refractivity contribution is 0.0832. The van der Waals surface area contributed by atoms with Gasteiger partial charge in [-0.25, -0.2) is 0 Å². The summed E-state index contributed by atoms with van der Waals surface area (Å²) in [6.45, 7) is 0.474. The van der Waals surface area contributed by atoms with Gasteiger partial charge in [0.1, 0.15) is 6.10 Å². The molecule has 0 aliphatic heterocycles. The minimum absolute atomic E-state index is 0.0667. The summed E-state index contributed by atoms with van der Waals surface area (Å²) in [5.74, 6) is -0.0667. The molecule has 0 bridgehead atoms. The molecule has 6 heteroatoms. The van der Waals surface area contributed by atoms with Crippen molar-refractivity contribution >= 4 is 44.5 Å². The summed E-state index contributed by atoms with van der Waals surface area (Å²) in [7, 11) is 1.65. The first-order chi connectivity index (χ1) is 8.70. The van der Waals surface area contributed by atoms with Gasteiger partial charge in [-0.05, 0) is 44.4 Å². The van der Waals surface area contributed by atoms with Gasteiger partial charge in [0.25, 0.3) is 5.91 Å². The van der Waals surface area contributed by atoms with Crippen molar-refractivity contribution in [3.63, 3.8) is 0 Å². The van der Waals surface area contributed by atoms with E-state index in [0.717, 1.165) is 10.0 Å². The van der Waals surface area contributed by atoms with Crippen LogP contribution in [-0.2, 0) is 4.74 Å². The largest absolute Gasteiger partial charge is 0.375 e. The molecule has 2 rings (SSSR count). The second kappa shape index (κ2) is 6.47. The third kappa shape index (κ3) is 3.41. The van der Waals surface area contributed by atoms with Crippen LogP contribution in [0.3, 0.4) is 0 Å². The summed E-state index contributed by atoms with van der Waals surface area (Å²) in [4.78, 5) is 12.6. The van der Waals surface area contributed by atoms with Crippen molar-refractivity contribution in [1.82, 2.24) is 5.32 Å². The average molecular weight is 346 g/mol. The maximum Gasteiger partial charge on any atom is 0.261 e. The fourth-order valence-corrected chi connectivity index (χ4v) is 3.54. The second-order valence-corrected chi connectivity index (χ2v) is 6.23. The third-order valence-electron chi connectivity index (χ3n) is 2.44. The lowest BCUT2D eigenvalue weighted by atomic mass is 10.2. The summed E-state index contributed by atoms with van der Waals surface area (Å²) in [5.41, 5.74) is 1.09. The summed E-state index contributed by atoms with van der Waals surface area (Å²) >= 11 is 6.37. The molecule has 1 amide bonds. The molecule has 96 valence electrons. The van der Waals surface area contributed by atoms with Crippen molar-refractivity contribution in [1.29, 1.82) is 0 Å². The highest BCUT2D eigenvalue weighted by Crippen LogP contribution is 2.21. The highest BCUT2D eigenvalue weighted by molar-refractivity contribution is 9.10. The van der Waals surface area contributed by atoms with Crippen LogP contribution >= 0.6 is 38.6 Å². The molecule has 2 aromatic rings. The Morgan fingerprint density at radius 1 is 1.56 bits per heavy atom. The van der Waals surface area contributed by atoms with Crippen LogP contribution in [0.4, 0.5) is 0 Å². The molecule has 18 heavy (non-hydrogen) atoms. The Bertz CT molecular complexity index is 510. The highest BCUT2D eigenvalue weighted by Gasteiger charge is 2.14. The monoisotopic (exact) mass is 345 g/mol.